The molecule has 1 nitrogen and oxygen atoms in total. The Morgan fingerprint density at radius 1 is 1.12 bits per heavy atom. The molecule has 1 atom stereocenters. The Morgan fingerprint density at radius 3 is 2.35 bits per heavy atom. The lowest BCUT2D eigenvalue weighted by Gasteiger charge is -2.34. The molecule has 94 valence electrons. The van der Waals surface area contributed by atoms with Gasteiger partial charge in [0.15, 0.2) is 0 Å². The normalized spacial score (nSPS) is 21.1. The van der Waals surface area contributed by atoms with Crippen molar-refractivity contribution in [3.05, 3.63) is 35.9 Å². The van der Waals surface area contributed by atoms with Crippen molar-refractivity contribution in [1.29, 1.82) is 0 Å². The molecule has 1 saturated carbocycles. The van der Waals surface area contributed by atoms with Crippen LogP contribution in [0.5, 0.6) is 0 Å². The minimum absolute atomic E-state index is 0.108. The van der Waals surface area contributed by atoms with Crippen LogP contribution >= 0.6 is 0 Å². The molecular formula is C16H24O. The molecule has 1 aliphatic rings. The number of rotatable bonds is 4. The Morgan fingerprint density at radius 2 is 1.76 bits per heavy atom. The molecule has 1 heteroatoms. The van der Waals surface area contributed by atoms with Gasteiger partial charge in [-0.1, -0.05) is 62.4 Å². The summed E-state index contributed by atoms with van der Waals surface area (Å²) in [5.41, 5.74) is 1.21. The maximum Gasteiger partial charge on any atom is 0.0902 e. The van der Waals surface area contributed by atoms with Gasteiger partial charge >= 0.3 is 0 Å². The molecule has 17 heavy (non-hydrogen) atoms. The molecule has 0 radical (unpaired) electrons. The molecule has 0 bridgehead atoms. The molecule has 1 aromatic rings. The second-order valence-electron chi connectivity index (χ2n) is 5.51. The van der Waals surface area contributed by atoms with E-state index in [0.29, 0.717) is 0 Å². The van der Waals surface area contributed by atoms with E-state index in [1.165, 1.54) is 37.7 Å². The van der Waals surface area contributed by atoms with Gasteiger partial charge in [-0.3, -0.25) is 0 Å². The molecule has 0 N–H and O–H groups in total. The average Bonchev–Trinajstić information content (AvgIpc) is 2.41. The van der Waals surface area contributed by atoms with Crippen molar-refractivity contribution in [2.45, 2.75) is 51.0 Å². The molecule has 0 spiro atoms. The maximum absolute atomic E-state index is 5.83. The Bertz CT molecular complexity index is 327. The first kappa shape index (κ1) is 12.6. The van der Waals surface area contributed by atoms with Gasteiger partial charge in [-0.2, -0.15) is 0 Å². The largest absolute Gasteiger partial charge is 0.374 e. The van der Waals surface area contributed by atoms with E-state index in [4.69, 9.17) is 4.74 Å². The molecule has 1 unspecified atom stereocenters. The van der Waals surface area contributed by atoms with Crippen LogP contribution in [0.3, 0.4) is 0 Å². The van der Waals surface area contributed by atoms with Crippen molar-refractivity contribution in [2.24, 2.45) is 5.92 Å². The number of ether oxygens (including phenoxy) is 1. The minimum atomic E-state index is -0.108. The van der Waals surface area contributed by atoms with Crippen LogP contribution in [0.15, 0.2) is 30.3 Å². The second-order valence-corrected chi connectivity index (χ2v) is 5.51. The lowest BCUT2D eigenvalue weighted by molar-refractivity contribution is -0.0227. The van der Waals surface area contributed by atoms with Gasteiger partial charge < -0.3 is 4.74 Å². The fourth-order valence-corrected chi connectivity index (χ4v) is 3.05. The van der Waals surface area contributed by atoms with Gasteiger partial charge in [0.2, 0.25) is 0 Å². The van der Waals surface area contributed by atoms with Crippen LogP contribution in [0.4, 0.5) is 0 Å². The van der Waals surface area contributed by atoms with E-state index in [9.17, 15) is 0 Å². The van der Waals surface area contributed by atoms with Gasteiger partial charge in [0.1, 0.15) is 0 Å². The van der Waals surface area contributed by atoms with E-state index in [-0.39, 0.29) is 5.60 Å². The zero-order chi connectivity index (χ0) is 12.1. The zero-order valence-corrected chi connectivity index (χ0v) is 11.1. The highest BCUT2D eigenvalue weighted by atomic mass is 16.5. The SMILES string of the molecule is COC(C)(CC1CCCCC1)c1ccccc1. The van der Waals surface area contributed by atoms with E-state index in [0.717, 1.165) is 12.3 Å². The Hall–Kier alpha value is -0.820. The number of benzene rings is 1. The quantitative estimate of drug-likeness (QED) is 0.741. The first-order valence-corrected chi connectivity index (χ1v) is 6.85. The number of hydrogen-bond donors (Lipinski definition) is 0. The summed E-state index contributed by atoms with van der Waals surface area (Å²) in [6, 6.07) is 10.7. The predicted molar refractivity (Wildman–Crippen MR) is 72.0 cm³/mol. The summed E-state index contributed by atoms with van der Waals surface area (Å²) in [7, 11) is 1.84. The lowest BCUT2D eigenvalue weighted by atomic mass is 9.79. The van der Waals surface area contributed by atoms with Crippen LogP contribution in [0, 0.1) is 5.92 Å². The van der Waals surface area contributed by atoms with Crippen LogP contribution in [0.1, 0.15) is 51.0 Å². The van der Waals surface area contributed by atoms with Gasteiger partial charge in [-0.25, -0.2) is 0 Å². The van der Waals surface area contributed by atoms with Crippen molar-refractivity contribution >= 4 is 0 Å². The molecular weight excluding hydrogens is 208 g/mol. The first-order valence-electron chi connectivity index (χ1n) is 6.85. The topological polar surface area (TPSA) is 9.23 Å². The summed E-state index contributed by atoms with van der Waals surface area (Å²) < 4.78 is 5.83. The van der Waals surface area contributed by atoms with E-state index in [2.05, 4.69) is 37.3 Å². The standard InChI is InChI=1S/C16H24O/c1-16(17-2,15-11-7-4-8-12-15)13-14-9-5-3-6-10-14/h4,7-8,11-12,14H,3,5-6,9-10,13H2,1-2H3. The maximum atomic E-state index is 5.83. The fraction of sp³-hybridized carbons (Fsp3) is 0.625. The molecule has 0 amide bonds. The highest BCUT2D eigenvalue weighted by molar-refractivity contribution is 5.21. The zero-order valence-electron chi connectivity index (χ0n) is 11.1. The Kier molecular flexibility index (Phi) is 4.22. The van der Waals surface area contributed by atoms with Crippen LogP contribution < -0.4 is 0 Å². The highest BCUT2D eigenvalue weighted by Crippen LogP contribution is 2.37. The fourth-order valence-electron chi connectivity index (χ4n) is 3.05. The van der Waals surface area contributed by atoms with E-state index in [1.807, 2.05) is 7.11 Å². The van der Waals surface area contributed by atoms with Crippen molar-refractivity contribution < 1.29 is 4.74 Å². The van der Waals surface area contributed by atoms with E-state index in [1.54, 1.807) is 0 Å². The Labute approximate surface area is 105 Å². The van der Waals surface area contributed by atoms with Crippen molar-refractivity contribution in [2.75, 3.05) is 7.11 Å². The van der Waals surface area contributed by atoms with Crippen LogP contribution in [0.25, 0.3) is 0 Å². The smallest absolute Gasteiger partial charge is 0.0902 e. The molecule has 1 aromatic carbocycles. The van der Waals surface area contributed by atoms with E-state index >= 15 is 0 Å². The summed E-state index contributed by atoms with van der Waals surface area (Å²) in [5.74, 6) is 0.842. The van der Waals surface area contributed by atoms with Crippen molar-refractivity contribution in [1.82, 2.24) is 0 Å². The molecule has 2 rings (SSSR count). The van der Waals surface area contributed by atoms with Gasteiger partial charge in [0, 0.05) is 7.11 Å². The van der Waals surface area contributed by atoms with Gasteiger partial charge in [-0.05, 0) is 24.8 Å². The Balaban J connectivity index is 2.08. The third-order valence-corrected chi connectivity index (χ3v) is 4.24. The molecule has 1 fully saturated rings. The van der Waals surface area contributed by atoms with Crippen LogP contribution in [-0.4, -0.2) is 7.11 Å². The lowest BCUT2D eigenvalue weighted by Crippen LogP contribution is -2.28. The number of hydrogen-bond acceptors (Lipinski definition) is 1. The summed E-state index contributed by atoms with van der Waals surface area (Å²) in [5, 5.41) is 0. The van der Waals surface area contributed by atoms with Gasteiger partial charge in [0.05, 0.1) is 5.60 Å². The monoisotopic (exact) mass is 232 g/mol. The summed E-state index contributed by atoms with van der Waals surface area (Å²) in [4.78, 5) is 0. The number of methoxy groups -OCH3 is 1. The second kappa shape index (κ2) is 5.68. The minimum Gasteiger partial charge on any atom is -0.374 e. The van der Waals surface area contributed by atoms with Gasteiger partial charge in [0.25, 0.3) is 0 Å². The molecule has 0 aliphatic heterocycles. The molecule has 0 saturated heterocycles. The first-order chi connectivity index (χ1) is 8.24. The molecule has 0 aromatic heterocycles. The predicted octanol–water partition coefficient (Wildman–Crippen LogP) is 4.52. The summed E-state index contributed by atoms with van der Waals surface area (Å²) in [6.07, 6.45) is 8.15. The third kappa shape index (κ3) is 3.10. The average molecular weight is 232 g/mol. The summed E-state index contributed by atoms with van der Waals surface area (Å²) in [6.45, 7) is 2.23. The highest BCUT2D eigenvalue weighted by Gasteiger charge is 2.30. The van der Waals surface area contributed by atoms with Crippen molar-refractivity contribution in [3.8, 4) is 0 Å². The van der Waals surface area contributed by atoms with Crippen LogP contribution in [-0.2, 0) is 10.3 Å². The third-order valence-electron chi connectivity index (χ3n) is 4.24. The molecule has 0 heterocycles. The van der Waals surface area contributed by atoms with Gasteiger partial charge in [-0.15, -0.1) is 0 Å². The van der Waals surface area contributed by atoms with E-state index < -0.39 is 0 Å². The van der Waals surface area contributed by atoms with Crippen molar-refractivity contribution in [3.63, 3.8) is 0 Å². The van der Waals surface area contributed by atoms with Crippen LogP contribution in [0.2, 0.25) is 0 Å². The summed E-state index contributed by atoms with van der Waals surface area (Å²) >= 11 is 0. The molecule has 1 aliphatic carbocycles.